The Kier molecular flexibility index (Phi) is 8.32. The van der Waals surface area contributed by atoms with Gasteiger partial charge in [-0.15, -0.1) is 0 Å². The molecule has 2 aromatic rings. The lowest BCUT2D eigenvalue weighted by molar-refractivity contribution is -0.0438. The van der Waals surface area contributed by atoms with Gasteiger partial charge in [-0.2, -0.15) is 0 Å². The van der Waals surface area contributed by atoms with Crippen molar-refractivity contribution in [1.29, 1.82) is 0 Å². The number of hydrogen-bond donors (Lipinski definition) is 0. The number of benzene rings is 2. The van der Waals surface area contributed by atoms with Crippen LogP contribution in [0, 0.1) is 5.92 Å². The molecule has 0 aliphatic carbocycles. The van der Waals surface area contributed by atoms with Crippen molar-refractivity contribution in [3.05, 3.63) is 59.7 Å². The third-order valence-corrected chi connectivity index (χ3v) is 5.39. The first-order chi connectivity index (χ1) is 15.0. The van der Waals surface area contributed by atoms with Crippen LogP contribution in [0.25, 0.3) is 0 Å². The fraction of sp³-hybridized carbons (Fsp3) is 0.480. The first kappa shape index (κ1) is 23.1. The van der Waals surface area contributed by atoms with Crippen LogP contribution >= 0.6 is 0 Å². The minimum absolute atomic E-state index is 0.0136. The lowest BCUT2D eigenvalue weighted by Gasteiger charge is -2.36. The van der Waals surface area contributed by atoms with E-state index in [1.807, 2.05) is 47.4 Å². The highest BCUT2D eigenvalue weighted by molar-refractivity contribution is 5.94. The SMILES string of the molecule is COc1ccc(CN2CCO[C@@H](CN(CC(C)C)C(=O)c3ccccc3)C2)cc1OC. The molecule has 1 atom stereocenters. The summed E-state index contributed by atoms with van der Waals surface area (Å²) in [5, 5.41) is 0. The van der Waals surface area contributed by atoms with E-state index < -0.39 is 0 Å². The largest absolute Gasteiger partial charge is 0.493 e. The summed E-state index contributed by atoms with van der Waals surface area (Å²) in [6.07, 6.45) is -0.0136. The van der Waals surface area contributed by atoms with Gasteiger partial charge in [-0.1, -0.05) is 38.1 Å². The molecule has 1 heterocycles. The molecule has 1 fully saturated rings. The molecule has 0 spiro atoms. The molecular formula is C25H34N2O4. The van der Waals surface area contributed by atoms with E-state index >= 15 is 0 Å². The summed E-state index contributed by atoms with van der Waals surface area (Å²) in [5.74, 6) is 1.92. The van der Waals surface area contributed by atoms with Gasteiger partial charge in [0, 0.05) is 38.3 Å². The minimum Gasteiger partial charge on any atom is -0.493 e. The minimum atomic E-state index is -0.0136. The van der Waals surface area contributed by atoms with Crippen molar-refractivity contribution in [3.8, 4) is 11.5 Å². The Hall–Kier alpha value is -2.57. The molecule has 0 N–H and O–H groups in total. The van der Waals surface area contributed by atoms with Gasteiger partial charge in [-0.25, -0.2) is 0 Å². The Balaban J connectivity index is 1.65. The summed E-state index contributed by atoms with van der Waals surface area (Å²) in [6, 6.07) is 15.5. The molecule has 1 saturated heterocycles. The monoisotopic (exact) mass is 426 g/mol. The van der Waals surface area contributed by atoms with Crippen LogP contribution in [-0.4, -0.2) is 68.8 Å². The smallest absolute Gasteiger partial charge is 0.253 e. The summed E-state index contributed by atoms with van der Waals surface area (Å²) in [6.45, 7) is 8.68. The van der Waals surface area contributed by atoms with Crippen LogP contribution in [-0.2, 0) is 11.3 Å². The van der Waals surface area contributed by atoms with Crippen molar-refractivity contribution in [2.75, 3.05) is 47.0 Å². The molecule has 6 heteroatoms. The first-order valence-electron chi connectivity index (χ1n) is 10.9. The molecule has 6 nitrogen and oxygen atoms in total. The van der Waals surface area contributed by atoms with Crippen molar-refractivity contribution >= 4 is 5.91 Å². The highest BCUT2D eigenvalue weighted by Gasteiger charge is 2.26. The molecule has 1 aliphatic heterocycles. The van der Waals surface area contributed by atoms with E-state index in [0.717, 1.165) is 42.3 Å². The van der Waals surface area contributed by atoms with Gasteiger partial charge in [-0.05, 0) is 35.7 Å². The van der Waals surface area contributed by atoms with Crippen LogP contribution in [0.15, 0.2) is 48.5 Å². The summed E-state index contributed by atoms with van der Waals surface area (Å²) in [5.41, 5.74) is 1.89. The van der Waals surface area contributed by atoms with Crippen LogP contribution in [0.5, 0.6) is 11.5 Å². The van der Waals surface area contributed by atoms with Crippen LogP contribution in [0.4, 0.5) is 0 Å². The van der Waals surface area contributed by atoms with Crippen molar-refractivity contribution in [2.24, 2.45) is 5.92 Å². The second kappa shape index (κ2) is 11.2. The Bertz CT molecular complexity index is 841. The zero-order chi connectivity index (χ0) is 22.2. The second-order valence-electron chi connectivity index (χ2n) is 8.39. The van der Waals surface area contributed by atoms with Crippen LogP contribution < -0.4 is 9.47 Å². The van der Waals surface area contributed by atoms with Crippen LogP contribution in [0.3, 0.4) is 0 Å². The summed E-state index contributed by atoms with van der Waals surface area (Å²) >= 11 is 0. The van der Waals surface area contributed by atoms with E-state index in [4.69, 9.17) is 14.2 Å². The van der Waals surface area contributed by atoms with Crippen LogP contribution in [0.1, 0.15) is 29.8 Å². The molecule has 0 saturated carbocycles. The van der Waals surface area contributed by atoms with Gasteiger partial charge in [-0.3, -0.25) is 9.69 Å². The van der Waals surface area contributed by atoms with Gasteiger partial charge in [0.1, 0.15) is 0 Å². The number of nitrogens with zero attached hydrogens (tertiary/aromatic N) is 2. The van der Waals surface area contributed by atoms with Crippen molar-refractivity contribution < 1.29 is 19.0 Å². The van der Waals surface area contributed by atoms with Crippen molar-refractivity contribution in [3.63, 3.8) is 0 Å². The maximum atomic E-state index is 13.1. The molecular weight excluding hydrogens is 392 g/mol. The molecule has 1 aliphatic rings. The highest BCUT2D eigenvalue weighted by Crippen LogP contribution is 2.28. The average Bonchev–Trinajstić information content (AvgIpc) is 2.78. The first-order valence-corrected chi connectivity index (χ1v) is 10.9. The number of rotatable bonds is 9. The highest BCUT2D eigenvalue weighted by atomic mass is 16.5. The van der Waals surface area contributed by atoms with Gasteiger partial charge in [0.05, 0.1) is 26.9 Å². The number of amides is 1. The lowest BCUT2D eigenvalue weighted by atomic mass is 10.1. The number of hydrogen-bond acceptors (Lipinski definition) is 5. The van der Waals surface area contributed by atoms with E-state index in [1.54, 1.807) is 14.2 Å². The Morgan fingerprint density at radius 2 is 1.87 bits per heavy atom. The summed E-state index contributed by atoms with van der Waals surface area (Å²) < 4.78 is 16.8. The topological polar surface area (TPSA) is 51.2 Å². The number of morpholine rings is 1. The molecule has 0 aromatic heterocycles. The second-order valence-corrected chi connectivity index (χ2v) is 8.39. The van der Waals surface area contributed by atoms with Crippen molar-refractivity contribution in [2.45, 2.75) is 26.5 Å². The molecule has 1 amide bonds. The quantitative estimate of drug-likeness (QED) is 0.612. The standard InChI is InChI=1S/C25H34N2O4/c1-19(2)15-27(25(28)21-8-6-5-7-9-21)18-22-17-26(12-13-31-22)16-20-10-11-23(29-3)24(14-20)30-4/h5-11,14,19,22H,12-13,15-18H2,1-4H3/t22-/m1/s1. The lowest BCUT2D eigenvalue weighted by Crippen LogP contribution is -2.49. The zero-order valence-electron chi connectivity index (χ0n) is 19.0. The third-order valence-electron chi connectivity index (χ3n) is 5.39. The molecule has 31 heavy (non-hydrogen) atoms. The third kappa shape index (κ3) is 6.45. The summed E-state index contributed by atoms with van der Waals surface area (Å²) in [7, 11) is 3.29. The normalized spacial score (nSPS) is 16.9. The number of methoxy groups -OCH3 is 2. The van der Waals surface area contributed by atoms with E-state index in [1.165, 1.54) is 0 Å². The Morgan fingerprint density at radius 1 is 1.13 bits per heavy atom. The van der Waals surface area contributed by atoms with Crippen molar-refractivity contribution in [1.82, 2.24) is 9.80 Å². The van der Waals surface area contributed by atoms with Gasteiger partial charge >= 0.3 is 0 Å². The zero-order valence-corrected chi connectivity index (χ0v) is 19.0. The number of carbonyl (C=O) groups is 1. The van der Waals surface area contributed by atoms with Crippen LogP contribution in [0.2, 0.25) is 0 Å². The molecule has 168 valence electrons. The van der Waals surface area contributed by atoms with E-state index in [0.29, 0.717) is 25.6 Å². The van der Waals surface area contributed by atoms with E-state index in [2.05, 4.69) is 24.8 Å². The Labute approximate surface area is 185 Å². The number of ether oxygens (including phenoxy) is 3. The van der Waals surface area contributed by atoms with E-state index in [-0.39, 0.29) is 12.0 Å². The van der Waals surface area contributed by atoms with Gasteiger partial charge in [0.25, 0.3) is 5.91 Å². The molecule has 0 unspecified atom stereocenters. The molecule has 0 radical (unpaired) electrons. The van der Waals surface area contributed by atoms with Gasteiger partial charge in [0.15, 0.2) is 11.5 Å². The average molecular weight is 427 g/mol. The molecule has 3 rings (SSSR count). The predicted octanol–water partition coefficient (Wildman–Crippen LogP) is 3.70. The maximum Gasteiger partial charge on any atom is 0.253 e. The van der Waals surface area contributed by atoms with Gasteiger partial charge in [0.2, 0.25) is 0 Å². The maximum absolute atomic E-state index is 13.1. The molecule has 0 bridgehead atoms. The van der Waals surface area contributed by atoms with Gasteiger partial charge < -0.3 is 19.1 Å². The van der Waals surface area contributed by atoms with E-state index in [9.17, 15) is 4.79 Å². The fourth-order valence-electron chi connectivity index (χ4n) is 3.96. The Morgan fingerprint density at radius 3 is 2.55 bits per heavy atom. The summed E-state index contributed by atoms with van der Waals surface area (Å²) in [4.78, 5) is 17.4. The fourth-order valence-corrected chi connectivity index (χ4v) is 3.96. The predicted molar refractivity (Wildman–Crippen MR) is 122 cm³/mol. The number of carbonyl (C=O) groups excluding carboxylic acids is 1. The molecule has 2 aromatic carbocycles.